The standard InChI is InChI=1S/C14H9ClF2N4/c1-8-14(21-7-9(16)2-5-13(21)18-8)20-19-10-3-4-12(17)11(15)6-10/h2-7H,1H3. The summed E-state index contributed by atoms with van der Waals surface area (Å²) in [5.41, 5.74) is 1.57. The van der Waals surface area contributed by atoms with Gasteiger partial charge in [0, 0.05) is 6.20 Å². The molecule has 0 saturated heterocycles. The van der Waals surface area contributed by atoms with Gasteiger partial charge >= 0.3 is 0 Å². The third-order valence-corrected chi connectivity index (χ3v) is 3.18. The van der Waals surface area contributed by atoms with Crippen LogP contribution in [0.15, 0.2) is 46.8 Å². The molecular weight excluding hydrogens is 298 g/mol. The van der Waals surface area contributed by atoms with Crippen LogP contribution in [0.1, 0.15) is 5.69 Å². The summed E-state index contributed by atoms with van der Waals surface area (Å²) in [4.78, 5) is 4.25. The number of imidazole rings is 1. The van der Waals surface area contributed by atoms with Crippen molar-refractivity contribution >= 4 is 28.8 Å². The summed E-state index contributed by atoms with van der Waals surface area (Å²) < 4.78 is 27.9. The topological polar surface area (TPSA) is 42.0 Å². The van der Waals surface area contributed by atoms with Gasteiger partial charge < -0.3 is 0 Å². The summed E-state index contributed by atoms with van der Waals surface area (Å²) in [6, 6.07) is 6.89. The molecule has 21 heavy (non-hydrogen) atoms. The van der Waals surface area contributed by atoms with E-state index in [0.717, 1.165) is 0 Å². The fourth-order valence-electron chi connectivity index (χ4n) is 1.90. The summed E-state index contributed by atoms with van der Waals surface area (Å²) in [6.45, 7) is 1.75. The van der Waals surface area contributed by atoms with Crippen molar-refractivity contribution < 1.29 is 8.78 Å². The second-order valence-electron chi connectivity index (χ2n) is 4.39. The highest BCUT2D eigenvalue weighted by Gasteiger charge is 2.09. The van der Waals surface area contributed by atoms with Gasteiger partial charge in [-0.05, 0) is 37.3 Å². The maximum absolute atomic E-state index is 13.3. The lowest BCUT2D eigenvalue weighted by atomic mass is 10.3. The first-order chi connectivity index (χ1) is 10.0. The quantitative estimate of drug-likeness (QED) is 0.615. The molecule has 0 fully saturated rings. The molecule has 0 aliphatic carbocycles. The highest BCUT2D eigenvalue weighted by atomic mass is 35.5. The van der Waals surface area contributed by atoms with Crippen LogP contribution in [0.4, 0.5) is 20.3 Å². The molecule has 2 aromatic heterocycles. The lowest BCUT2D eigenvalue weighted by Crippen LogP contribution is -1.85. The number of halogens is 3. The van der Waals surface area contributed by atoms with E-state index in [2.05, 4.69) is 15.2 Å². The Morgan fingerprint density at radius 2 is 1.95 bits per heavy atom. The molecule has 106 valence electrons. The molecule has 0 bridgehead atoms. The Hall–Kier alpha value is -2.34. The summed E-state index contributed by atoms with van der Waals surface area (Å²) in [5, 5.41) is 8.00. The molecule has 3 aromatic rings. The molecule has 0 amide bonds. The van der Waals surface area contributed by atoms with Gasteiger partial charge in [-0.2, -0.15) is 0 Å². The van der Waals surface area contributed by atoms with Crippen LogP contribution in [0.25, 0.3) is 5.65 Å². The number of aryl methyl sites for hydroxylation is 1. The molecule has 0 N–H and O–H groups in total. The van der Waals surface area contributed by atoms with E-state index in [1.54, 1.807) is 13.0 Å². The highest BCUT2D eigenvalue weighted by molar-refractivity contribution is 6.30. The normalized spacial score (nSPS) is 11.6. The zero-order valence-corrected chi connectivity index (χ0v) is 11.6. The number of fused-ring (bicyclic) bond motifs is 1. The molecule has 2 heterocycles. The van der Waals surface area contributed by atoms with Crippen LogP contribution in [0, 0.1) is 18.6 Å². The maximum Gasteiger partial charge on any atom is 0.182 e. The van der Waals surface area contributed by atoms with E-state index in [1.165, 1.54) is 34.9 Å². The lowest BCUT2D eigenvalue weighted by Gasteiger charge is -1.97. The van der Waals surface area contributed by atoms with Gasteiger partial charge in [-0.25, -0.2) is 13.8 Å². The molecule has 0 spiro atoms. The van der Waals surface area contributed by atoms with Crippen molar-refractivity contribution in [1.29, 1.82) is 0 Å². The van der Waals surface area contributed by atoms with Gasteiger partial charge in [0.2, 0.25) is 0 Å². The number of aromatic nitrogens is 2. The van der Waals surface area contributed by atoms with E-state index in [0.29, 0.717) is 22.8 Å². The van der Waals surface area contributed by atoms with E-state index in [9.17, 15) is 8.78 Å². The summed E-state index contributed by atoms with van der Waals surface area (Å²) >= 11 is 5.68. The van der Waals surface area contributed by atoms with Crippen molar-refractivity contribution in [2.75, 3.05) is 0 Å². The molecular formula is C14H9ClF2N4. The van der Waals surface area contributed by atoms with Gasteiger partial charge in [0.25, 0.3) is 0 Å². The minimum atomic E-state index is -0.524. The van der Waals surface area contributed by atoms with Gasteiger partial charge in [0.15, 0.2) is 5.82 Å². The SMILES string of the molecule is Cc1nc2ccc(F)cn2c1N=Nc1ccc(F)c(Cl)c1. The molecule has 1 aromatic carbocycles. The van der Waals surface area contributed by atoms with Crippen LogP contribution in [0.5, 0.6) is 0 Å². The number of rotatable bonds is 2. The van der Waals surface area contributed by atoms with Crippen LogP contribution in [-0.4, -0.2) is 9.38 Å². The molecule has 7 heteroatoms. The molecule has 0 aliphatic heterocycles. The van der Waals surface area contributed by atoms with Gasteiger partial charge in [0.05, 0.1) is 16.4 Å². The van der Waals surface area contributed by atoms with Crippen molar-refractivity contribution in [2.45, 2.75) is 6.92 Å². The fourth-order valence-corrected chi connectivity index (χ4v) is 2.07. The Morgan fingerprint density at radius 3 is 2.71 bits per heavy atom. The smallest absolute Gasteiger partial charge is 0.182 e. The van der Waals surface area contributed by atoms with Crippen LogP contribution < -0.4 is 0 Å². The Balaban J connectivity index is 2.04. The third-order valence-electron chi connectivity index (χ3n) is 2.89. The van der Waals surface area contributed by atoms with Crippen LogP contribution >= 0.6 is 11.6 Å². The Morgan fingerprint density at radius 1 is 1.14 bits per heavy atom. The van der Waals surface area contributed by atoms with Gasteiger partial charge in [-0.15, -0.1) is 10.2 Å². The number of benzene rings is 1. The molecule has 3 rings (SSSR count). The Bertz CT molecular complexity index is 858. The Kier molecular flexibility index (Phi) is 3.39. The van der Waals surface area contributed by atoms with E-state index >= 15 is 0 Å². The van der Waals surface area contributed by atoms with E-state index in [1.807, 2.05) is 0 Å². The van der Waals surface area contributed by atoms with Gasteiger partial charge in [0.1, 0.15) is 17.3 Å². The first-order valence-electron chi connectivity index (χ1n) is 6.05. The van der Waals surface area contributed by atoms with Crippen LogP contribution in [0.3, 0.4) is 0 Å². The number of azo groups is 1. The van der Waals surface area contributed by atoms with Crippen molar-refractivity contribution in [1.82, 2.24) is 9.38 Å². The van der Waals surface area contributed by atoms with Crippen molar-refractivity contribution in [3.05, 3.63) is 58.9 Å². The van der Waals surface area contributed by atoms with Crippen molar-refractivity contribution in [3.8, 4) is 0 Å². The first-order valence-corrected chi connectivity index (χ1v) is 6.43. The van der Waals surface area contributed by atoms with E-state index in [4.69, 9.17) is 11.6 Å². The maximum atomic E-state index is 13.3. The number of hydrogen-bond donors (Lipinski definition) is 0. The zero-order chi connectivity index (χ0) is 15.0. The minimum Gasteiger partial charge on any atom is -0.280 e. The summed E-state index contributed by atoms with van der Waals surface area (Å²) in [7, 11) is 0. The largest absolute Gasteiger partial charge is 0.280 e. The lowest BCUT2D eigenvalue weighted by molar-refractivity contribution is 0.619. The third kappa shape index (κ3) is 2.62. The second kappa shape index (κ2) is 5.21. The molecule has 0 aliphatic rings. The first kappa shape index (κ1) is 13.6. The van der Waals surface area contributed by atoms with Gasteiger partial charge in [-0.1, -0.05) is 11.6 Å². The average Bonchev–Trinajstić information content (AvgIpc) is 2.75. The number of hydrogen-bond acceptors (Lipinski definition) is 3. The van der Waals surface area contributed by atoms with Crippen LogP contribution in [-0.2, 0) is 0 Å². The average molecular weight is 307 g/mol. The van der Waals surface area contributed by atoms with Crippen molar-refractivity contribution in [3.63, 3.8) is 0 Å². The summed E-state index contributed by atoms with van der Waals surface area (Å²) in [6.07, 6.45) is 1.28. The fraction of sp³-hybridized carbons (Fsp3) is 0.0714. The molecule has 0 saturated carbocycles. The predicted octanol–water partition coefficient (Wildman–Crippen LogP) is 4.99. The number of pyridine rings is 1. The van der Waals surface area contributed by atoms with Crippen molar-refractivity contribution in [2.24, 2.45) is 10.2 Å². The second-order valence-corrected chi connectivity index (χ2v) is 4.80. The Labute approximate surface area is 123 Å². The summed E-state index contributed by atoms with van der Waals surface area (Å²) in [5.74, 6) is -0.519. The monoisotopic (exact) mass is 306 g/mol. The van der Waals surface area contributed by atoms with E-state index in [-0.39, 0.29) is 5.02 Å². The minimum absolute atomic E-state index is 0.0349. The molecule has 0 atom stereocenters. The predicted molar refractivity (Wildman–Crippen MR) is 75.5 cm³/mol. The van der Waals surface area contributed by atoms with E-state index < -0.39 is 11.6 Å². The molecule has 4 nitrogen and oxygen atoms in total. The molecule has 0 radical (unpaired) electrons. The van der Waals surface area contributed by atoms with Crippen LogP contribution in [0.2, 0.25) is 5.02 Å². The number of nitrogens with zero attached hydrogens (tertiary/aromatic N) is 4. The zero-order valence-electron chi connectivity index (χ0n) is 10.9. The highest BCUT2D eigenvalue weighted by Crippen LogP contribution is 2.26. The molecule has 0 unspecified atom stereocenters. The van der Waals surface area contributed by atoms with Gasteiger partial charge in [-0.3, -0.25) is 4.40 Å².